The van der Waals surface area contributed by atoms with Crippen LogP contribution in [0.4, 0.5) is 0 Å². The highest BCUT2D eigenvalue weighted by atomic mass is 16.5. The van der Waals surface area contributed by atoms with Gasteiger partial charge < -0.3 is 19.7 Å². The molecule has 0 saturated heterocycles. The van der Waals surface area contributed by atoms with Crippen LogP contribution >= 0.6 is 0 Å². The van der Waals surface area contributed by atoms with Gasteiger partial charge in [-0.3, -0.25) is 0 Å². The zero-order chi connectivity index (χ0) is 31.3. The van der Waals surface area contributed by atoms with Gasteiger partial charge >= 0.3 is 0 Å². The summed E-state index contributed by atoms with van der Waals surface area (Å²) in [5.74, 6) is 2.15. The minimum Gasteiger partial charge on any atom is -0.507 e. The maximum atomic E-state index is 11.5. The highest BCUT2D eigenvalue weighted by molar-refractivity contribution is 5.55. The lowest BCUT2D eigenvalue weighted by Gasteiger charge is -2.21. The molecule has 0 radical (unpaired) electrons. The molecule has 0 fully saturated rings. The Hall–Kier alpha value is -5.48. The molecule has 4 heteroatoms. The van der Waals surface area contributed by atoms with Gasteiger partial charge in [0.15, 0.2) is 0 Å². The second kappa shape index (κ2) is 13.3. The minimum atomic E-state index is 0.251. The number of fused-ring (bicyclic) bond motifs is 8. The van der Waals surface area contributed by atoms with E-state index < -0.39 is 0 Å². The number of phenols is 2. The first-order valence-corrected chi connectivity index (χ1v) is 15.8. The van der Waals surface area contributed by atoms with Crippen LogP contribution in [0.3, 0.4) is 0 Å². The molecule has 1 aliphatic rings. The molecule has 6 aromatic rings. The monoisotopic (exact) mass is 604 g/mol. The summed E-state index contributed by atoms with van der Waals surface area (Å²) in [6.45, 7) is 0.865. The van der Waals surface area contributed by atoms with Gasteiger partial charge in [-0.2, -0.15) is 0 Å². The molecule has 0 amide bonds. The molecule has 7 rings (SSSR count). The van der Waals surface area contributed by atoms with Crippen LogP contribution in [-0.4, -0.2) is 10.2 Å². The van der Waals surface area contributed by atoms with E-state index in [4.69, 9.17) is 9.47 Å². The molecule has 0 unspecified atom stereocenters. The van der Waals surface area contributed by atoms with E-state index >= 15 is 0 Å². The Balaban J connectivity index is 1.37. The number of ether oxygens (including phenoxy) is 2. The normalized spacial score (nSPS) is 12.3. The van der Waals surface area contributed by atoms with E-state index in [1.54, 1.807) is 0 Å². The van der Waals surface area contributed by atoms with Crippen molar-refractivity contribution in [1.82, 2.24) is 0 Å². The third-order valence-corrected chi connectivity index (χ3v) is 8.74. The van der Waals surface area contributed by atoms with Crippen molar-refractivity contribution in [2.24, 2.45) is 0 Å². The summed E-state index contributed by atoms with van der Waals surface area (Å²) < 4.78 is 13.3. The molecule has 46 heavy (non-hydrogen) atoms. The van der Waals surface area contributed by atoms with E-state index in [1.807, 2.05) is 72.8 Å². The molecule has 1 aliphatic carbocycles. The van der Waals surface area contributed by atoms with Gasteiger partial charge in [0, 0.05) is 25.7 Å². The lowest BCUT2D eigenvalue weighted by Crippen LogP contribution is -2.07. The highest BCUT2D eigenvalue weighted by Gasteiger charge is 2.20. The van der Waals surface area contributed by atoms with Crippen molar-refractivity contribution >= 4 is 0 Å². The summed E-state index contributed by atoms with van der Waals surface area (Å²) >= 11 is 0. The Kier molecular flexibility index (Phi) is 8.42. The molecule has 228 valence electrons. The third-order valence-electron chi connectivity index (χ3n) is 8.74. The summed E-state index contributed by atoms with van der Waals surface area (Å²) in [5, 5.41) is 22.9. The van der Waals surface area contributed by atoms with Crippen molar-refractivity contribution in [1.29, 1.82) is 0 Å². The second-order valence-electron chi connectivity index (χ2n) is 11.9. The largest absolute Gasteiger partial charge is 0.507 e. The van der Waals surface area contributed by atoms with Gasteiger partial charge in [0.05, 0.1) is 0 Å². The van der Waals surface area contributed by atoms with Crippen LogP contribution in [0, 0.1) is 0 Å². The predicted octanol–water partition coefficient (Wildman–Crippen LogP) is 8.93. The van der Waals surface area contributed by atoms with Gasteiger partial charge in [-0.15, -0.1) is 0 Å². The molecule has 0 spiro atoms. The number of rotatable bonds is 6. The van der Waals surface area contributed by atoms with E-state index in [0.717, 1.165) is 67.1 Å². The fourth-order valence-electron chi connectivity index (χ4n) is 6.34. The number of benzene rings is 6. The average Bonchev–Trinajstić information content (AvgIpc) is 3.08. The van der Waals surface area contributed by atoms with Gasteiger partial charge in [0.2, 0.25) is 0 Å². The van der Waals surface area contributed by atoms with Crippen molar-refractivity contribution in [2.45, 2.75) is 38.9 Å². The lowest BCUT2D eigenvalue weighted by molar-refractivity contribution is 0.297. The maximum Gasteiger partial charge on any atom is 0.126 e. The summed E-state index contributed by atoms with van der Waals surface area (Å²) in [5.41, 5.74) is 9.44. The molecule has 0 heterocycles. The molecule has 0 aromatic heterocycles. The molecular formula is C42H36O4. The van der Waals surface area contributed by atoms with Gasteiger partial charge in [0.25, 0.3) is 0 Å². The summed E-state index contributed by atoms with van der Waals surface area (Å²) in [7, 11) is 0. The summed E-state index contributed by atoms with van der Waals surface area (Å²) in [4.78, 5) is 0. The zero-order valence-corrected chi connectivity index (χ0v) is 25.7. The van der Waals surface area contributed by atoms with Gasteiger partial charge in [-0.05, 0) is 55.6 Å². The van der Waals surface area contributed by atoms with Crippen LogP contribution in [0.15, 0.2) is 133 Å². The van der Waals surface area contributed by atoms with Crippen molar-refractivity contribution in [2.75, 3.05) is 0 Å². The lowest BCUT2D eigenvalue weighted by atomic mass is 9.91. The Morgan fingerprint density at radius 1 is 0.348 bits per heavy atom. The molecule has 8 bridgehead atoms. The van der Waals surface area contributed by atoms with Crippen LogP contribution in [0.1, 0.15) is 55.6 Å². The summed E-state index contributed by atoms with van der Waals surface area (Å²) in [6, 6.07) is 44.6. The molecule has 4 nitrogen and oxygen atoms in total. The Bertz CT molecular complexity index is 1820. The van der Waals surface area contributed by atoms with E-state index in [1.165, 1.54) is 0 Å². The van der Waals surface area contributed by atoms with Crippen molar-refractivity contribution in [3.05, 3.63) is 189 Å². The number of hydrogen-bond acceptors (Lipinski definition) is 4. The van der Waals surface area contributed by atoms with Crippen LogP contribution < -0.4 is 9.47 Å². The van der Waals surface area contributed by atoms with Gasteiger partial charge in [0.1, 0.15) is 36.2 Å². The van der Waals surface area contributed by atoms with E-state index in [-0.39, 0.29) is 11.5 Å². The topological polar surface area (TPSA) is 58.9 Å². The van der Waals surface area contributed by atoms with Gasteiger partial charge in [-0.25, -0.2) is 0 Å². The van der Waals surface area contributed by atoms with Crippen LogP contribution in [0.2, 0.25) is 0 Å². The molecule has 0 saturated carbocycles. The standard InChI is InChI=1S/C42H36O4/c43-39-31-15-7-17-33(39)24-35-19-9-21-37(41(35)45-27-29-11-3-1-4-12-29)26-38-22-10-20-36(25-34-18-8-16-32(23-31)40(34)44)42(38)46-28-30-13-5-2-6-14-30/h1-22,43-44H,23-28H2. The SMILES string of the molecule is Oc1c2cccc1Cc1cccc(c1OCc1ccccc1)Cc1cccc(c1OCc1ccccc1)Cc1cccc(c1O)C2. The molecule has 0 aliphatic heterocycles. The maximum absolute atomic E-state index is 11.5. The summed E-state index contributed by atoms with van der Waals surface area (Å²) in [6.07, 6.45) is 2.00. The third kappa shape index (κ3) is 6.33. The quantitative estimate of drug-likeness (QED) is 0.199. The van der Waals surface area contributed by atoms with E-state index in [2.05, 4.69) is 60.7 Å². The second-order valence-corrected chi connectivity index (χ2v) is 11.9. The van der Waals surface area contributed by atoms with Crippen LogP contribution in [0.25, 0.3) is 0 Å². The Morgan fingerprint density at radius 3 is 0.978 bits per heavy atom. The molecule has 6 aromatic carbocycles. The van der Waals surface area contributed by atoms with E-state index in [0.29, 0.717) is 38.9 Å². The van der Waals surface area contributed by atoms with Crippen LogP contribution in [-0.2, 0) is 38.9 Å². The number of phenolic OH excluding ortho intramolecular Hbond substituents is 2. The smallest absolute Gasteiger partial charge is 0.126 e. The fourth-order valence-corrected chi connectivity index (χ4v) is 6.34. The zero-order valence-electron chi connectivity index (χ0n) is 25.7. The molecule has 0 atom stereocenters. The fraction of sp³-hybridized carbons (Fsp3) is 0.143. The predicted molar refractivity (Wildman–Crippen MR) is 182 cm³/mol. The Labute approximate surface area is 270 Å². The first-order chi connectivity index (χ1) is 22.6. The minimum absolute atomic E-state index is 0.251. The average molecular weight is 605 g/mol. The van der Waals surface area contributed by atoms with Gasteiger partial charge in [-0.1, -0.05) is 133 Å². The highest BCUT2D eigenvalue weighted by Crippen LogP contribution is 2.38. The van der Waals surface area contributed by atoms with Crippen LogP contribution in [0.5, 0.6) is 23.0 Å². The first-order valence-electron chi connectivity index (χ1n) is 15.8. The van der Waals surface area contributed by atoms with Crippen molar-refractivity contribution in [3.8, 4) is 23.0 Å². The number of hydrogen-bond donors (Lipinski definition) is 2. The molecule has 2 N–H and O–H groups in total. The van der Waals surface area contributed by atoms with Crippen molar-refractivity contribution < 1.29 is 19.7 Å². The number of para-hydroxylation sites is 4. The van der Waals surface area contributed by atoms with E-state index in [9.17, 15) is 10.2 Å². The number of aromatic hydroxyl groups is 2. The molecular weight excluding hydrogens is 568 g/mol. The van der Waals surface area contributed by atoms with Crippen molar-refractivity contribution in [3.63, 3.8) is 0 Å². The first kappa shape index (κ1) is 29.2. The Morgan fingerprint density at radius 2 is 0.630 bits per heavy atom.